The molecule has 3 heteroatoms. The Kier molecular flexibility index (Phi) is 3.77. The lowest BCUT2D eigenvalue weighted by Gasteiger charge is -2.52. The van der Waals surface area contributed by atoms with Gasteiger partial charge >= 0.3 is 0 Å². The zero-order valence-electron chi connectivity index (χ0n) is 10.2. The Balaban J connectivity index is 2.01. The van der Waals surface area contributed by atoms with Crippen LogP contribution in [0.2, 0.25) is 0 Å². The highest BCUT2D eigenvalue weighted by Crippen LogP contribution is 2.54. The lowest BCUT2D eigenvalue weighted by atomic mass is 9.58. The summed E-state index contributed by atoms with van der Waals surface area (Å²) in [7, 11) is 0. The first kappa shape index (κ1) is 12.6. The molecule has 0 radical (unpaired) electrons. The summed E-state index contributed by atoms with van der Waals surface area (Å²) >= 11 is 5.43. The van der Waals surface area contributed by atoms with Crippen molar-refractivity contribution in [3.05, 3.63) is 20.8 Å². The molecular formula is C13H20BrNS. The maximum Gasteiger partial charge on any atom is 0.0285 e. The zero-order chi connectivity index (χ0) is 11.8. The van der Waals surface area contributed by atoms with Gasteiger partial charge in [-0.3, -0.25) is 0 Å². The van der Waals surface area contributed by atoms with Crippen LogP contribution < -0.4 is 5.32 Å². The van der Waals surface area contributed by atoms with Crippen LogP contribution in [0.25, 0.3) is 0 Å². The summed E-state index contributed by atoms with van der Waals surface area (Å²) in [6.07, 6.45) is 2.52. The highest BCUT2D eigenvalue weighted by molar-refractivity contribution is 9.10. The van der Waals surface area contributed by atoms with E-state index in [1.54, 1.807) is 0 Å². The second kappa shape index (κ2) is 4.79. The van der Waals surface area contributed by atoms with Crippen LogP contribution in [0.3, 0.4) is 0 Å². The summed E-state index contributed by atoms with van der Waals surface area (Å²) in [5.41, 5.74) is 0.402. The second-order valence-corrected chi connectivity index (χ2v) is 7.14. The molecule has 1 N–H and O–H groups in total. The van der Waals surface area contributed by atoms with Crippen molar-refractivity contribution >= 4 is 27.3 Å². The van der Waals surface area contributed by atoms with Crippen LogP contribution in [-0.2, 0) is 0 Å². The molecule has 1 aliphatic carbocycles. The molecule has 0 aliphatic heterocycles. The summed E-state index contributed by atoms with van der Waals surface area (Å²) in [5.74, 6) is 0.734. The molecule has 0 saturated heterocycles. The van der Waals surface area contributed by atoms with E-state index in [0.717, 1.165) is 12.5 Å². The topological polar surface area (TPSA) is 12.0 Å². The first-order chi connectivity index (χ1) is 7.55. The third-order valence-electron chi connectivity index (χ3n) is 3.84. The minimum absolute atomic E-state index is 0.402. The van der Waals surface area contributed by atoms with Crippen molar-refractivity contribution in [2.45, 2.75) is 45.6 Å². The summed E-state index contributed by atoms with van der Waals surface area (Å²) in [4.78, 5) is 1.53. The van der Waals surface area contributed by atoms with Crippen LogP contribution in [0, 0.1) is 5.41 Å². The third kappa shape index (κ3) is 2.22. The van der Waals surface area contributed by atoms with Crippen molar-refractivity contribution in [1.29, 1.82) is 0 Å². The van der Waals surface area contributed by atoms with E-state index in [9.17, 15) is 0 Å². The Labute approximate surface area is 111 Å². The minimum atomic E-state index is 0.402. The van der Waals surface area contributed by atoms with E-state index in [0.29, 0.717) is 11.5 Å². The van der Waals surface area contributed by atoms with Crippen molar-refractivity contribution in [2.24, 2.45) is 5.41 Å². The average Bonchev–Trinajstić information content (AvgIpc) is 2.63. The van der Waals surface area contributed by atoms with Gasteiger partial charge in [-0.1, -0.05) is 20.8 Å². The SMILES string of the molecule is CCCNC1CC(c2cc(Br)cs2)C1(C)C. The van der Waals surface area contributed by atoms with Crippen molar-refractivity contribution in [2.75, 3.05) is 6.54 Å². The van der Waals surface area contributed by atoms with E-state index >= 15 is 0 Å². The van der Waals surface area contributed by atoms with Crippen LogP contribution in [0.15, 0.2) is 15.9 Å². The molecule has 2 atom stereocenters. The lowest BCUT2D eigenvalue weighted by molar-refractivity contribution is 0.0716. The molecule has 1 saturated carbocycles. The molecule has 2 unspecified atom stereocenters. The molecule has 0 aromatic carbocycles. The standard InChI is InChI=1S/C13H20BrNS/c1-4-5-15-12-7-10(13(12,2)3)11-6-9(14)8-16-11/h6,8,10,12,15H,4-5,7H2,1-3H3. The molecule has 0 bridgehead atoms. The van der Waals surface area contributed by atoms with Gasteiger partial charge in [-0.15, -0.1) is 11.3 Å². The predicted octanol–water partition coefficient (Wildman–Crippen LogP) is 4.39. The second-order valence-electron chi connectivity index (χ2n) is 5.28. The van der Waals surface area contributed by atoms with Crippen LogP contribution >= 0.6 is 27.3 Å². The Bertz CT molecular complexity index is 359. The monoisotopic (exact) mass is 301 g/mol. The van der Waals surface area contributed by atoms with E-state index in [1.165, 1.54) is 22.2 Å². The molecule has 2 rings (SSSR count). The quantitative estimate of drug-likeness (QED) is 0.869. The van der Waals surface area contributed by atoms with Gasteiger partial charge in [-0.25, -0.2) is 0 Å². The van der Waals surface area contributed by atoms with Gasteiger partial charge in [0.05, 0.1) is 0 Å². The van der Waals surface area contributed by atoms with E-state index in [4.69, 9.17) is 0 Å². The Morgan fingerprint density at radius 3 is 2.81 bits per heavy atom. The first-order valence-electron chi connectivity index (χ1n) is 6.03. The molecule has 1 nitrogen and oxygen atoms in total. The van der Waals surface area contributed by atoms with Gasteiger partial charge in [-0.05, 0) is 46.8 Å². The number of halogens is 1. The lowest BCUT2D eigenvalue weighted by Crippen LogP contribution is -2.55. The highest BCUT2D eigenvalue weighted by atomic mass is 79.9. The van der Waals surface area contributed by atoms with Crippen molar-refractivity contribution in [3.8, 4) is 0 Å². The fraction of sp³-hybridized carbons (Fsp3) is 0.692. The average molecular weight is 302 g/mol. The zero-order valence-corrected chi connectivity index (χ0v) is 12.6. The fourth-order valence-corrected chi connectivity index (χ4v) is 4.34. The third-order valence-corrected chi connectivity index (χ3v) is 5.65. The summed E-state index contributed by atoms with van der Waals surface area (Å²) in [6.45, 7) is 8.16. The van der Waals surface area contributed by atoms with Crippen LogP contribution in [-0.4, -0.2) is 12.6 Å². The number of nitrogens with one attached hydrogen (secondary N) is 1. The molecule has 0 amide bonds. The van der Waals surface area contributed by atoms with Gasteiger partial charge in [0.25, 0.3) is 0 Å². The van der Waals surface area contributed by atoms with Gasteiger partial charge < -0.3 is 5.32 Å². The van der Waals surface area contributed by atoms with Gasteiger partial charge in [-0.2, -0.15) is 0 Å². The van der Waals surface area contributed by atoms with Gasteiger partial charge in [0.2, 0.25) is 0 Å². The molecule has 90 valence electrons. The van der Waals surface area contributed by atoms with E-state index in [1.807, 2.05) is 11.3 Å². The van der Waals surface area contributed by atoms with Crippen molar-refractivity contribution < 1.29 is 0 Å². The van der Waals surface area contributed by atoms with E-state index in [2.05, 4.69) is 53.5 Å². The van der Waals surface area contributed by atoms with Gasteiger partial charge in [0.1, 0.15) is 0 Å². The summed E-state index contributed by atoms with van der Waals surface area (Å²) in [6, 6.07) is 2.98. The number of rotatable bonds is 4. The summed E-state index contributed by atoms with van der Waals surface area (Å²) < 4.78 is 1.23. The molecule has 16 heavy (non-hydrogen) atoms. The molecule has 0 spiro atoms. The number of hydrogen-bond acceptors (Lipinski definition) is 2. The molecule has 1 aliphatic rings. The maximum atomic E-state index is 3.66. The molecule has 1 heterocycles. The normalized spacial score (nSPS) is 27.8. The van der Waals surface area contributed by atoms with Crippen LogP contribution in [0.5, 0.6) is 0 Å². The molecule has 1 aromatic rings. The Morgan fingerprint density at radius 1 is 1.56 bits per heavy atom. The Morgan fingerprint density at radius 2 is 2.31 bits per heavy atom. The van der Waals surface area contributed by atoms with E-state index < -0.39 is 0 Å². The number of hydrogen-bond donors (Lipinski definition) is 1. The van der Waals surface area contributed by atoms with Crippen molar-refractivity contribution in [1.82, 2.24) is 5.32 Å². The van der Waals surface area contributed by atoms with E-state index in [-0.39, 0.29) is 0 Å². The summed E-state index contributed by atoms with van der Waals surface area (Å²) in [5, 5.41) is 5.85. The highest BCUT2D eigenvalue weighted by Gasteiger charge is 2.48. The first-order valence-corrected chi connectivity index (χ1v) is 7.70. The van der Waals surface area contributed by atoms with Crippen LogP contribution in [0.1, 0.15) is 44.4 Å². The largest absolute Gasteiger partial charge is 0.313 e. The minimum Gasteiger partial charge on any atom is -0.313 e. The fourth-order valence-electron chi connectivity index (χ4n) is 2.58. The van der Waals surface area contributed by atoms with Gasteiger partial charge in [0.15, 0.2) is 0 Å². The smallest absolute Gasteiger partial charge is 0.0285 e. The maximum absolute atomic E-state index is 3.66. The molecule has 1 fully saturated rings. The van der Waals surface area contributed by atoms with Crippen LogP contribution in [0.4, 0.5) is 0 Å². The molecule has 1 aromatic heterocycles. The number of thiophene rings is 1. The Hall–Kier alpha value is 0.140. The predicted molar refractivity (Wildman–Crippen MR) is 75.2 cm³/mol. The van der Waals surface area contributed by atoms with Gasteiger partial charge in [0, 0.05) is 26.7 Å². The van der Waals surface area contributed by atoms with Crippen molar-refractivity contribution in [3.63, 3.8) is 0 Å². The molecular weight excluding hydrogens is 282 g/mol.